The van der Waals surface area contributed by atoms with Crippen LogP contribution >= 0.6 is 0 Å². The maximum absolute atomic E-state index is 11.9. The maximum atomic E-state index is 11.9. The lowest BCUT2D eigenvalue weighted by molar-refractivity contribution is -0.121. The Hall–Kier alpha value is -1.88. The van der Waals surface area contributed by atoms with Gasteiger partial charge in [-0.25, -0.2) is 0 Å². The second kappa shape index (κ2) is 5.01. The summed E-state index contributed by atoms with van der Waals surface area (Å²) < 4.78 is 5.38. The molecule has 5 heteroatoms. The summed E-state index contributed by atoms with van der Waals surface area (Å²) in [6.07, 6.45) is 0. The number of ether oxygens (including phenoxy) is 1. The lowest BCUT2D eigenvalue weighted by Gasteiger charge is -2.32. The third kappa shape index (κ3) is 2.46. The fourth-order valence-electron chi connectivity index (χ4n) is 2.15. The van der Waals surface area contributed by atoms with Gasteiger partial charge in [0.1, 0.15) is 5.75 Å². The highest BCUT2D eigenvalue weighted by Crippen LogP contribution is 2.34. The zero-order valence-corrected chi connectivity index (χ0v) is 11.3. The van der Waals surface area contributed by atoms with Crippen LogP contribution in [-0.2, 0) is 4.79 Å². The van der Waals surface area contributed by atoms with Gasteiger partial charge >= 0.3 is 0 Å². The normalized spacial score (nSPS) is 16.1. The first-order valence-corrected chi connectivity index (χ1v) is 6.30. The summed E-state index contributed by atoms with van der Waals surface area (Å²) in [6, 6.07) is 4.52. The molecule has 0 radical (unpaired) electrons. The predicted octanol–water partition coefficient (Wildman–Crippen LogP) is 1.35. The lowest BCUT2D eigenvalue weighted by atomic mass is 10.0. The summed E-state index contributed by atoms with van der Waals surface area (Å²) in [5.74, 6) is 0.368. The van der Waals surface area contributed by atoms with Crippen molar-refractivity contribution in [3.63, 3.8) is 0 Å². The van der Waals surface area contributed by atoms with Gasteiger partial charge in [-0.1, -0.05) is 0 Å². The molecule has 2 N–H and O–H groups in total. The second-order valence-corrected chi connectivity index (χ2v) is 4.98. The number of benzene rings is 1. The largest absolute Gasteiger partial charge is 0.482 e. The van der Waals surface area contributed by atoms with Crippen LogP contribution in [0.15, 0.2) is 18.2 Å². The number of hydrogen-bond acceptors (Lipinski definition) is 4. The number of carbonyl (C=O) groups excluding carboxylic acids is 2. The fraction of sp³-hybridized carbons (Fsp3) is 0.429. The third-order valence-corrected chi connectivity index (χ3v) is 3.05. The Kier molecular flexibility index (Phi) is 3.57. The van der Waals surface area contributed by atoms with E-state index in [1.807, 2.05) is 13.8 Å². The van der Waals surface area contributed by atoms with Crippen LogP contribution in [0.4, 0.5) is 5.69 Å². The van der Waals surface area contributed by atoms with Gasteiger partial charge in [-0.05, 0) is 39.0 Å². The highest BCUT2D eigenvalue weighted by molar-refractivity contribution is 6.03. The van der Waals surface area contributed by atoms with Gasteiger partial charge in [0, 0.05) is 11.6 Å². The maximum Gasteiger partial charge on any atom is 0.265 e. The summed E-state index contributed by atoms with van der Waals surface area (Å²) in [7, 11) is 0. The predicted molar refractivity (Wildman–Crippen MR) is 72.5 cm³/mol. The van der Waals surface area contributed by atoms with Gasteiger partial charge in [-0.2, -0.15) is 0 Å². The van der Waals surface area contributed by atoms with E-state index in [1.165, 1.54) is 0 Å². The van der Waals surface area contributed by atoms with Crippen LogP contribution in [0, 0.1) is 0 Å². The SMILES string of the molecule is CC(N)C(=O)c1ccc2c(c1)N(C(C)C)C(=O)CO2. The van der Waals surface area contributed by atoms with Crippen LogP contribution in [0.5, 0.6) is 5.75 Å². The standard InChI is InChI=1S/C14H18N2O3/c1-8(2)16-11-6-10(14(18)9(3)15)4-5-12(11)19-7-13(16)17/h4-6,8-9H,7,15H2,1-3H3. The van der Waals surface area contributed by atoms with Crippen molar-refractivity contribution < 1.29 is 14.3 Å². The first-order chi connectivity index (χ1) is 8.91. The molecule has 19 heavy (non-hydrogen) atoms. The summed E-state index contributed by atoms with van der Waals surface area (Å²) in [5.41, 5.74) is 6.74. The van der Waals surface area contributed by atoms with Gasteiger partial charge in [-0.3, -0.25) is 9.59 Å². The van der Waals surface area contributed by atoms with Crippen molar-refractivity contribution in [2.24, 2.45) is 5.73 Å². The minimum absolute atomic E-state index is 0.0100. The van der Waals surface area contributed by atoms with Crippen molar-refractivity contribution in [3.8, 4) is 5.75 Å². The average Bonchev–Trinajstić information content (AvgIpc) is 2.36. The molecule has 1 aromatic carbocycles. The number of Topliss-reactive ketones (excluding diaryl/α,β-unsaturated/α-hetero) is 1. The molecular weight excluding hydrogens is 244 g/mol. The summed E-state index contributed by atoms with van der Waals surface area (Å²) in [4.78, 5) is 25.5. The van der Waals surface area contributed by atoms with E-state index in [9.17, 15) is 9.59 Å². The molecule has 0 saturated heterocycles. The van der Waals surface area contributed by atoms with Crippen LogP contribution in [-0.4, -0.2) is 30.4 Å². The zero-order valence-electron chi connectivity index (χ0n) is 11.3. The molecule has 1 amide bonds. The van der Waals surface area contributed by atoms with Gasteiger partial charge in [-0.15, -0.1) is 0 Å². The fourth-order valence-corrected chi connectivity index (χ4v) is 2.15. The molecule has 0 aromatic heterocycles. The summed E-state index contributed by atoms with van der Waals surface area (Å²) in [6.45, 7) is 5.52. The molecule has 1 aliphatic rings. The third-order valence-electron chi connectivity index (χ3n) is 3.05. The first kappa shape index (κ1) is 13.5. The van der Waals surface area contributed by atoms with Gasteiger partial charge in [0.05, 0.1) is 11.7 Å². The first-order valence-electron chi connectivity index (χ1n) is 6.30. The Morgan fingerprint density at radius 3 is 2.63 bits per heavy atom. The van der Waals surface area contributed by atoms with E-state index in [4.69, 9.17) is 10.5 Å². The number of nitrogens with zero attached hydrogens (tertiary/aromatic N) is 1. The minimum atomic E-state index is -0.564. The number of amides is 1. The van der Waals surface area contributed by atoms with Crippen molar-refractivity contribution in [1.82, 2.24) is 0 Å². The van der Waals surface area contributed by atoms with E-state index < -0.39 is 6.04 Å². The Balaban J connectivity index is 2.47. The number of nitrogens with two attached hydrogens (primary N) is 1. The Labute approximate surface area is 112 Å². The van der Waals surface area contributed by atoms with Crippen molar-refractivity contribution in [3.05, 3.63) is 23.8 Å². The van der Waals surface area contributed by atoms with Crippen molar-refractivity contribution >= 4 is 17.4 Å². The van der Waals surface area contributed by atoms with Crippen LogP contribution in [0.25, 0.3) is 0 Å². The summed E-state index contributed by atoms with van der Waals surface area (Å²) in [5, 5.41) is 0. The highest BCUT2D eigenvalue weighted by atomic mass is 16.5. The number of rotatable bonds is 3. The monoisotopic (exact) mass is 262 g/mol. The highest BCUT2D eigenvalue weighted by Gasteiger charge is 2.28. The second-order valence-electron chi connectivity index (χ2n) is 4.98. The quantitative estimate of drug-likeness (QED) is 0.835. The van der Waals surface area contributed by atoms with Gasteiger partial charge in [0.15, 0.2) is 12.4 Å². The molecule has 0 aliphatic carbocycles. The number of carbonyl (C=O) groups is 2. The Morgan fingerprint density at radius 1 is 1.37 bits per heavy atom. The molecule has 1 aliphatic heterocycles. The van der Waals surface area contributed by atoms with Crippen LogP contribution in [0.1, 0.15) is 31.1 Å². The number of hydrogen-bond donors (Lipinski definition) is 1. The molecule has 2 rings (SSSR count). The van der Waals surface area contributed by atoms with Crippen LogP contribution in [0.2, 0.25) is 0 Å². The molecular formula is C14H18N2O3. The molecule has 1 unspecified atom stereocenters. The van der Waals surface area contributed by atoms with Gasteiger partial charge < -0.3 is 15.4 Å². The lowest BCUT2D eigenvalue weighted by Crippen LogP contribution is -2.43. The molecule has 0 fully saturated rings. The molecule has 0 saturated carbocycles. The van der Waals surface area contributed by atoms with E-state index >= 15 is 0 Å². The smallest absolute Gasteiger partial charge is 0.265 e. The number of anilines is 1. The molecule has 1 aromatic rings. The topological polar surface area (TPSA) is 72.6 Å². The Bertz CT molecular complexity index is 523. The van der Waals surface area contributed by atoms with Gasteiger partial charge in [0.2, 0.25) is 0 Å². The molecule has 102 valence electrons. The number of ketones is 1. The zero-order chi connectivity index (χ0) is 14.2. The number of fused-ring (bicyclic) bond motifs is 1. The Morgan fingerprint density at radius 2 is 2.05 bits per heavy atom. The minimum Gasteiger partial charge on any atom is -0.482 e. The average molecular weight is 262 g/mol. The van der Waals surface area contributed by atoms with Crippen molar-refractivity contribution in [2.45, 2.75) is 32.9 Å². The molecule has 1 heterocycles. The van der Waals surface area contributed by atoms with E-state index in [1.54, 1.807) is 30.0 Å². The molecule has 0 spiro atoms. The van der Waals surface area contributed by atoms with Crippen LogP contribution < -0.4 is 15.4 Å². The van der Waals surface area contributed by atoms with Crippen LogP contribution in [0.3, 0.4) is 0 Å². The van der Waals surface area contributed by atoms with Gasteiger partial charge in [0.25, 0.3) is 5.91 Å². The molecule has 1 atom stereocenters. The molecule has 0 bridgehead atoms. The van der Waals surface area contributed by atoms with Crippen molar-refractivity contribution in [1.29, 1.82) is 0 Å². The van der Waals surface area contributed by atoms with E-state index in [0.717, 1.165) is 0 Å². The van der Waals surface area contributed by atoms with E-state index in [2.05, 4.69) is 0 Å². The van der Waals surface area contributed by atoms with E-state index in [0.29, 0.717) is 17.0 Å². The van der Waals surface area contributed by atoms with E-state index in [-0.39, 0.29) is 24.3 Å². The van der Waals surface area contributed by atoms with Crippen molar-refractivity contribution in [2.75, 3.05) is 11.5 Å². The summed E-state index contributed by atoms with van der Waals surface area (Å²) >= 11 is 0. The molecule has 5 nitrogen and oxygen atoms in total.